The maximum absolute atomic E-state index is 3.50. The van der Waals surface area contributed by atoms with Gasteiger partial charge in [-0.05, 0) is 43.2 Å². The second kappa shape index (κ2) is 3.78. The standard InChI is InChI=1S/C11H23N/c1-9(2)11(3,4)10-6-5-7-12-8-10/h9-10,12H,5-8H2,1-4H3. The average molecular weight is 169 g/mol. The Morgan fingerprint density at radius 1 is 1.33 bits per heavy atom. The lowest BCUT2D eigenvalue weighted by atomic mass is 9.68. The summed E-state index contributed by atoms with van der Waals surface area (Å²) in [6.45, 7) is 12.0. The Kier molecular flexibility index (Phi) is 3.16. The number of rotatable bonds is 2. The lowest BCUT2D eigenvalue weighted by Gasteiger charge is -2.40. The summed E-state index contributed by atoms with van der Waals surface area (Å²) < 4.78 is 0. The Hall–Kier alpha value is -0.0400. The molecule has 1 fully saturated rings. The quantitative estimate of drug-likeness (QED) is 0.670. The minimum atomic E-state index is 0.507. The molecule has 0 saturated carbocycles. The first-order chi connectivity index (χ1) is 5.55. The van der Waals surface area contributed by atoms with Crippen molar-refractivity contribution in [1.82, 2.24) is 5.32 Å². The van der Waals surface area contributed by atoms with Crippen LogP contribution in [0.15, 0.2) is 0 Å². The monoisotopic (exact) mass is 169 g/mol. The fourth-order valence-corrected chi connectivity index (χ4v) is 1.96. The summed E-state index contributed by atoms with van der Waals surface area (Å²) in [5.41, 5.74) is 0.507. The first-order valence-electron chi connectivity index (χ1n) is 5.26. The van der Waals surface area contributed by atoms with Crippen molar-refractivity contribution in [2.24, 2.45) is 17.3 Å². The largest absolute Gasteiger partial charge is 0.316 e. The zero-order chi connectivity index (χ0) is 9.19. The van der Waals surface area contributed by atoms with E-state index in [1.807, 2.05) is 0 Å². The molecule has 1 N–H and O–H groups in total. The van der Waals surface area contributed by atoms with Crippen molar-refractivity contribution >= 4 is 0 Å². The van der Waals surface area contributed by atoms with Crippen LogP contribution in [-0.2, 0) is 0 Å². The molecule has 0 amide bonds. The van der Waals surface area contributed by atoms with Crippen LogP contribution in [0, 0.1) is 17.3 Å². The molecule has 0 aliphatic carbocycles. The van der Waals surface area contributed by atoms with Crippen LogP contribution in [0.25, 0.3) is 0 Å². The van der Waals surface area contributed by atoms with Gasteiger partial charge in [-0.25, -0.2) is 0 Å². The third-order valence-corrected chi connectivity index (χ3v) is 3.84. The molecule has 72 valence electrons. The first-order valence-corrected chi connectivity index (χ1v) is 5.26. The highest BCUT2D eigenvalue weighted by Crippen LogP contribution is 2.38. The molecular formula is C11H23N. The molecule has 0 spiro atoms. The van der Waals surface area contributed by atoms with Gasteiger partial charge >= 0.3 is 0 Å². The molecule has 0 radical (unpaired) electrons. The lowest BCUT2D eigenvalue weighted by Crippen LogP contribution is -2.40. The fourth-order valence-electron chi connectivity index (χ4n) is 1.96. The molecule has 1 nitrogen and oxygen atoms in total. The molecule has 1 heterocycles. The minimum absolute atomic E-state index is 0.507. The molecule has 1 heteroatoms. The summed E-state index contributed by atoms with van der Waals surface area (Å²) in [6, 6.07) is 0. The molecule has 1 saturated heterocycles. The Morgan fingerprint density at radius 2 is 2.00 bits per heavy atom. The summed E-state index contributed by atoms with van der Waals surface area (Å²) in [4.78, 5) is 0. The van der Waals surface area contributed by atoms with Crippen LogP contribution in [0.5, 0.6) is 0 Å². The van der Waals surface area contributed by atoms with Gasteiger partial charge in [-0.3, -0.25) is 0 Å². The molecule has 0 aromatic carbocycles. The van der Waals surface area contributed by atoms with Gasteiger partial charge in [-0.15, -0.1) is 0 Å². The Bertz CT molecular complexity index is 132. The number of hydrogen-bond donors (Lipinski definition) is 1. The zero-order valence-electron chi connectivity index (χ0n) is 8.98. The van der Waals surface area contributed by atoms with Crippen LogP contribution in [0.3, 0.4) is 0 Å². The van der Waals surface area contributed by atoms with Crippen molar-refractivity contribution in [3.8, 4) is 0 Å². The molecule has 1 aliphatic rings. The lowest BCUT2D eigenvalue weighted by molar-refractivity contribution is 0.112. The molecule has 0 aromatic heterocycles. The van der Waals surface area contributed by atoms with Crippen molar-refractivity contribution in [3.63, 3.8) is 0 Å². The number of piperidine rings is 1. The summed E-state index contributed by atoms with van der Waals surface area (Å²) in [5, 5.41) is 3.50. The van der Waals surface area contributed by atoms with Crippen LogP contribution in [0.4, 0.5) is 0 Å². The summed E-state index contributed by atoms with van der Waals surface area (Å²) in [5.74, 6) is 1.67. The maximum Gasteiger partial charge on any atom is -0.00153 e. The maximum atomic E-state index is 3.50. The molecule has 12 heavy (non-hydrogen) atoms. The van der Waals surface area contributed by atoms with Crippen molar-refractivity contribution in [2.45, 2.75) is 40.5 Å². The predicted octanol–water partition coefficient (Wildman–Crippen LogP) is 2.67. The smallest absolute Gasteiger partial charge is 0.00153 e. The van der Waals surface area contributed by atoms with Crippen LogP contribution < -0.4 is 5.32 Å². The molecule has 1 aliphatic heterocycles. The van der Waals surface area contributed by atoms with E-state index in [1.54, 1.807) is 0 Å². The predicted molar refractivity (Wildman–Crippen MR) is 54.2 cm³/mol. The van der Waals surface area contributed by atoms with Gasteiger partial charge in [0.1, 0.15) is 0 Å². The fraction of sp³-hybridized carbons (Fsp3) is 1.00. The number of nitrogens with one attached hydrogen (secondary N) is 1. The zero-order valence-corrected chi connectivity index (χ0v) is 8.98. The van der Waals surface area contributed by atoms with E-state index in [1.165, 1.54) is 25.9 Å². The molecule has 1 rings (SSSR count). The Labute approximate surface area is 76.9 Å². The summed E-state index contributed by atoms with van der Waals surface area (Å²) in [7, 11) is 0. The third kappa shape index (κ3) is 2.01. The van der Waals surface area contributed by atoms with Crippen LogP contribution >= 0.6 is 0 Å². The molecular weight excluding hydrogens is 146 g/mol. The van der Waals surface area contributed by atoms with Gasteiger partial charge < -0.3 is 5.32 Å². The van der Waals surface area contributed by atoms with Crippen molar-refractivity contribution in [2.75, 3.05) is 13.1 Å². The first kappa shape index (κ1) is 10.0. The summed E-state index contributed by atoms with van der Waals surface area (Å²) >= 11 is 0. The highest BCUT2D eigenvalue weighted by molar-refractivity contribution is 4.84. The average Bonchev–Trinajstić information content (AvgIpc) is 2.06. The Balaban J connectivity index is 2.53. The van der Waals surface area contributed by atoms with Gasteiger partial charge in [0.15, 0.2) is 0 Å². The third-order valence-electron chi connectivity index (χ3n) is 3.84. The molecule has 0 bridgehead atoms. The molecule has 1 unspecified atom stereocenters. The second-order valence-electron chi connectivity index (χ2n) is 5.02. The van der Waals surface area contributed by atoms with E-state index >= 15 is 0 Å². The van der Waals surface area contributed by atoms with Crippen LogP contribution in [0.2, 0.25) is 0 Å². The van der Waals surface area contributed by atoms with Gasteiger partial charge in [-0.1, -0.05) is 27.7 Å². The van der Waals surface area contributed by atoms with Gasteiger partial charge in [0, 0.05) is 0 Å². The van der Waals surface area contributed by atoms with Gasteiger partial charge in [0.2, 0.25) is 0 Å². The van der Waals surface area contributed by atoms with Gasteiger partial charge in [-0.2, -0.15) is 0 Å². The van der Waals surface area contributed by atoms with Crippen molar-refractivity contribution in [3.05, 3.63) is 0 Å². The van der Waals surface area contributed by atoms with Crippen LogP contribution in [0.1, 0.15) is 40.5 Å². The van der Waals surface area contributed by atoms with E-state index in [0.29, 0.717) is 5.41 Å². The summed E-state index contributed by atoms with van der Waals surface area (Å²) in [6.07, 6.45) is 2.78. The minimum Gasteiger partial charge on any atom is -0.316 e. The molecule has 0 aromatic rings. The second-order valence-corrected chi connectivity index (χ2v) is 5.02. The van der Waals surface area contributed by atoms with E-state index in [2.05, 4.69) is 33.0 Å². The van der Waals surface area contributed by atoms with E-state index in [-0.39, 0.29) is 0 Å². The van der Waals surface area contributed by atoms with E-state index in [0.717, 1.165) is 11.8 Å². The molecule has 1 atom stereocenters. The van der Waals surface area contributed by atoms with Crippen molar-refractivity contribution in [1.29, 1.82) is 0 Å². The van der Waals surface area contributed by atoms with Gasteiger partial charge in [0.25, 0.3) is 0 Å². The van der Waals surface area contributed by atoms with Crippen LogP contribution in [-0.4, -0.2) is 13.1 Å². The topological polar surface area (TPSA) is 12.0 Å². The highest BCUT2D eigenvalue weighted by Gasteiger charge is 2.32. The SMILES string of the molecule is CC(C)C(C)(C)C1CCCNC1. The van der Waals surface area contributed by atoms with E-state index in [4.69, 9.17) is 0 Å². The normalized spacial score (nSPS) is 26.2. The van der Waals surface area contributed by atoms with Gasteiger partial charge in [0.05, 0.1) is 0 Å². The number of hydrogen-bond acceptors (Lipinski definition) is 1. The van der Waals surface area contributed by atoms with E-state index in [9.17, 15) is 0 Å². The highest BCUT2D eigenvalue weighted by atomic mass is 14.9. The van der Waals surface area contributed by atoms with Crippen molar-refractivity contribution < 1.29 is 0 Å². The Morgan fingerprint density at radius 3 is 2.42 bits per heavy atom. The van der Waals surface area contributed by atoms with E-state index < -0.39 is 0 Å².